The Kier molecular flexibility index (Phi) is 5.09. The van der Waals surface area contributed by atoms with Crippen LogP contribution in [0.15, 0.2) is 42.5 Å². The van der Waals surface area contributed by atoms with Crippen LogP contribution in [0.4, 0.5) is 0 Å². The Morgan fingerprint density at radius 1 is 1.09 bits per heavy atom. The quantitative estimate of drug-likeness (QED) is 0.645. The number of carbonyl (C=O) groups is 4. The van der Waals surface area contributed by atoms with Crippen molar-refractivity contribution in [1.82, 2.24) is 15.1 Å². The van der Waals surface area contributed by atoms with E-state index in [1.54, 1.807) is 30.3 Å². The van der Waals surface area contributed by atoms with Crippen LogP contribution >= 0.6 is 0 Å². The lowest BCUT2D eigenvalue weighted by atomic mass is 10.0. The highest BCUT2D eigenvalue weighted by Crippen LogP contribution is 2.34. The Bertz CT molecular complexity index is 1270. The van der Waals surface area contributed by atoms with Crippen molar-refractivity contribution in [3.63, 3.8) is 0 Å². The van der Waals surface area contributed by atoms with Crippen molar-refractivity contribution in [2.45, 2.75) is 38.6 Å². The maximum absolute atomic E-state index is 13.0. The molecule has 0 saturated carbocycles. The normalized spacial score (nSPS) is 25.4. The third kappa shape index (κ3) is 4.38. The number of hydrogen-bond donors (Lipinski definition) is 1. The molecule has 2 saturated heterocycles. The van der Waals surface area contributed by atoms with Gasteiger partial charge in [0, 0.05) is 30.6 Å². The number of benzene rings is 2. The van der Waals surface area contributed by atoms with E-state index in [-0.39, 0.29) is 44.4 Å². The van der Waals surface area contributed by atoms with Crippen LogP contribution in [0.2, 0.25) is 0 Å². The first kappa shape index (κ1) is 18.7. The van der Waals surface area contributed by atoms with E-state index >= 15 is 0 Å². The molecule has 2 unspecified atom stereocenters. The smallest absolute Gasteiger partial charge is 0.255 e. The van der Waals surface area contributed by atoms with E-state index in [1.165, 1.54) is 4.90 Å². The Balaban J connectivity index is 1.23. The molecular formula is C25H25N3O6. The molecule has 0 bridgehead atoms. The number of ether oxygens (including phenoxy) is 2. The average Bonchev–Trinajstić information content (AvgIpc) is 3.21. The van der Waals surface area contributed by atoms with Gasteiger partial charge in [0.2, 0.25) is 17.7 Å². The van der Waals surface area contributed by atoms with Crippen molar-refractivity contribution in [2.24, 2.45) is 0 Å². The molecule has 0 aliphatic carbocycles. The molecule has 2 fully saturated rings. The molecule has 2 aromatic rings. The van der Waals surface area contributed by atoms with Crippen LogP contribution in [0, 0.1) is 0 Å². The lowest BCUT2D eigenvalue weighted by molar-refractivity contribution is -0.143. The molecule has 9 nitrogen and oxygen atoms in total. The van der Waals surface area contributed by atoms with Crippen LogP contribution in [0.3, 0.4) is 0 Å². The number of fused-ring (bicyclic) bond motifs is 1. The van der Waals surface area contributed by atoms with Crippen LogP contribution in [0.25, 0.3) is 0 Å². The minimum Gasteiger partial charge on any atom is -0.489 e. The van der Waals surface area contributed by atoms with Gasteiger partial charge in [0.1, 0.15) is 25.0 Å². The molecular weight excluding hydrogens is 438 g/mol. The number of imide groups is 1. The van der Waals surface area contributed by atoms with E-state index < -0.39 is 37.5 Å². The second-order valence-corrected chi connectivity index (χ2v) is 8.34. The average molecular weight is 467 g/mol. The van der Waals surface area contributed by atoms with E-state index in [9.17, 15) is 19.2 Å². The summed E-state index contributed by atoms with van der Waals surface area (Å²) in [6.45, 7) is -3.58. The zero-order chi connectivity index (χ0) is 26.3. The first-order chi connectivity index (χ1) is 17.6. The van der Waals surface area contributed by atoms with Gasteiger partial charge in [0.15, 0.2) is 0 Å². The van der Waals surface area contributed by atoms with E-state index in [0.717, 1.165) is 16.0 Å². The summed E-state index contributed by atoms with van der Waals surface area (Å²) in [4.78, 5) is 51.5. The minimum atomic E-state index is -2.23. The topological polar surface area (TPSA) is 105 Å². The summed E-state index contributed by atoms with van der Waals surface area (Å²) in [5.41, 5.74) is 2.73. The van der Waals surface area contributed by atoms with Crippen LogP contribution < -0.4 is 10.1 Å². The fourth-order valence-electron chi connectivity index (χ4n) is 4.28. The second-order valence-electron chi connectivity index (χ2n) is 8.34. The molecule has 5 rings (SSSR count). The summed E-state index contributed by atoms with van der Waals surface area (Å²) in [7, 11) is 0. The predicted octanol–water partition coefficient (Wildman–Crippen LogP) is 1.39. The van der Waals surface area contributed by atoms with Gasteiger partial charge in [-0.2, -0.15) is 0 Å². The summed E-state index contributed by atoms with van der Waals surface area (Å²) in [5.74, 6) is -0.984. The highest BCUT2D eigenvalue weighted by Gasteiger charge is 2.40. The van der Waals surface area contributed by atoms with E-state index in [1.807, 2.05) is 12.1 Å². The van der Waals surface area contributed by atoms with Gasteiger partial charge in [-0.3, -0.25) is 24.5 Å². The van der Waals surface area contributed by atoms with Gasteiger partial charge >= 0.3 is 0 Å². The standard InChI is InChI=1S/C25H25N3O6/c29-22-9-8-20(24(31)26-22)28-13-19-18(25(28)32)2-1-3-21(19)34-14-17-6-4-16(5-7-17)12-27-10-11-33-15-23(27)30/h1-7,20H,8-15H2,(H,26,29,31)/i10D,11D2. The number of carbonyl (C=O) groups excluding carboxylic acids is 4. The number of hydrogen-bond acceptors (Lipinski definition) is 6. The van der Waals surface area contributed by atoms with E-state index in [0.29, 0.717) is 16.9 Å². The van der Waals surface area contributed by atoms with E-state index in [2.05, 4.69) is 5.32 Å². The molecule has 9 heteroatoms. The van der Waals surface area contributed by atoms with Crippen molar-refractivity contribution in [3.05, 3.63) is 64.7 Å². The van der Waals surface area contributed by atoms with Gasteiger partial charge in [0.25, 0.3) is 5.91 Å². The molecule has 0 spiro atoms. The minimum absolute atomic E-state index is 0.0848. The van der Waals surface area contributed by atoms with Crippen LogP contribution in [-0.2, 0) is 38.8 Å². The van der Waals surface area contributed by atoms with Gasteiger partial charge in [0.05, 0.1) is 17.2 Å². The predicted molar refractivity (Wildman–Crippen MR) is 119 cm³/mol. The van der Waals surface area contributed by atoms with Crippen LogP contribution in [0.1, 0.15) is 44.0 Å². The Morgan fingerprint density at radius 3 is 2.68 bits per heavy atom. The first-order valence-electron chi connectivity index (χ1n) is 12.5. The van der Waals surface area contributed by atoms with Gasteiger partial charge in [-0.15, -0.1) is 0 Å². The molecule has 4 amide bonds. The fourth-order valence-corrected chi connectivity index (χ4v) is 4.28. The largest absolute Gasteiger partial charge is 0.489 e. The third-order valence-electron chi connectivity index (χ3n) is 6.12. The van der Waals surface area contributed by atoms with Crippen molar-refractivity contribution in [3.8, 4) is 5.75 Å². The molecule has 2 atom stereocenters. The monoisotopic (exact) mass is 466 g/mol. The molecule has 2 aromatic carbocycles. The van der Waals surface area contributed by atoms with Crippen LogP contribution in [0.5, 0.6) is 5.75 Å². The number of nitrogens with zero attached hydrogens (tertiary/aromatic N) is 2. The van der Waals surface area contributed by atoms with Gasteiger partial charge in [-0.25, -0.2) is 0 Å². The molecule has 0 aromatic heterocycles. The Hall–Kier alpha value is -3.72. The molecule has 176 valence electrons. The maximum atomic E-state index is 13.0. The summed E-state index contributed by atoms with van der Waals surface area (Å²) in [6, 6.07) is 11.7. The zero-order valence-electron chi connectivity index (χ0n) is 21.3. The number of amides is 4. The molecule has 3 aliphatic heterocycles. The summed E-state index contributed by atoms with van der Waals surface area (Å²) < 4.78 is 34.3. The lowest BCUT2D eigenvalue weighted by Crippen LogP contribution is -2.52. The van der Waals surface area contributed by atoms with Gasteiger partial charge in [-0.05, 0) is 29.7 Å². The number of morpholine rings is 1. The van der Waals surface area contributed by atoms with Gasteiger partial charge < -0.3 is 19.3 Å². The molecule has 34 heavy (non-hydrogen) atoms. The summed E-state index contributed by atoms with van der Waals surface area (Å²) in [5, 5.41) is 2.29. The first-order valence-corrected chi connectivity index (χ1v) is 11.0. The SMILES string of the molecule is [2H]C1N(Cc2ccc(COc3cccc4c3CN(C3CCC(=O)NC3=O)C4=O)cc2)C(=O)COC1([2H])[2H]. The van der Waals surface area contributed by atoms with Crippen molar-refractivity contribution in [1.29, 1.82) is 0 Å². The van der Waals surface area contributed by atoms with Crippen LogP contribution in [-0.4, -0.2) is 59.2 Å². The van der Waals surface area contributed by atoms with Gasteiger partial charge in [-0.1, -0.05) is 30.3 Å². The maximum Gasteiger partial charge on any atom is 0.255 e. The zero-order valence-corrected chi connectivity index (χ0v) is 18.3. The Morgan fingerprint density at radius 2 is 1.88 bits per heavy atom. The highest BCUT2D eigenvalue weighted by molar-refractivity contribution is 6.05. The number of piperidine rings is 1. The van der Waals surface area contributed by atoms with Crippen molar-refractivity contribution < 1.29 is 32.8 Å². The van der Waals surface area contributed by atoms with E-state index in [4.69, 9.17) is 13.6 Å². The molecule has 3 heterocycles. The molecule has 0 radical (unpaired) electrons. The second kappa shape index (κ2) is 9.26. The number of nitrogens with one attached hydrogen (secondary N) is 1. The van der Waals surface area contributed by atoms with Crippen molar-refractivity contribution >= 4 is 23.6 Å². The Labute approximate surface area is 200 Å². The number of rotatable bonds is 6. The molecule has 1 N–H and O–H groups in total. The highest BCUT2D eigenvalue weighted by atomic mass is 16.5. The summed E-state index contributed by atoms with van der Waals surface area (Å²) >= 11 is 0. The lowest BCUT2D eigenvalue weighted by Gasteiger charge is -2.29. The fraction of sp³-hybridized carbons (Fsp3) is 0.360. The third-order valence-corrected chi connectivity index (χ3v) is 6.12. The molecule has 3 aliphatic rings. The summed E-state index contributed by atoms with van der Waals surface area (Å²) in [6.07, 6.45) is 0.472. The van der Waals surface area contributed by atoms with Crippen molar-refractivity contribution in [2.75, 3.05) is 19.7 Å².